The molecule has 2 aromatic rings. The zero-order chi connectivity index (χ0) is 16.1. The third kappa shape index (κ3) is 3.92. The third-order valence-electron chi connectivity index (χ3n) is 3.92. The van der Waals surface area contributed by atoms with E-state index in [1.165, 1.54) is 0 Å². The van der Waals surface area contributed by atoms with E-state index in [2.05, 4.69) is 15.1 Å². The Labute approximate surface area is 135 Å². The first-order valence-electron chi connectivity index (χ1n) is 7.91. The molecule has 7 heteroatoms. The monoisotopic (exact) mass is 315 g/mol. The molecule has 1 aliphatic rings. The van der Waals surface area contributed by atoms with Crippen LogP contribution in [0.5, 0.6) is 0 Å². The lowest BCUT2D eigenvalue weighted by Crippen LogP contribution is -2.36. The molecule has 0 aliphatic carbocycles. The van der Waals surface area contributed by atoms with Gasteiger partial charge in [0.15, 0.2) is 0 Å². The molecule has 23 heavy (non-hydrogen) atoms. The fourth-order valence-electron chi connectivity index (χ4n) is 2.73. The molecule has 1 saturated heterocycles. The Balaban J connectivity index is 1.68. The summed E-state index contributed by atoms with van der Waals surface area (Å²) in [6, 6.07) is 1.77. The summed E-state index contributed by atoms with van der Waals surface area (Å²) in [4.78, 5) is 22.9. The van der Waals surface area contributed by atoms with Crippen molar-refractivity contribution in [1.29, 1.82) is 0 Å². The normalized spacial score (nSPS) is 18.7. The maximum absolute atomic E-state index is 12.6. The SMILES string of the molecule is CCn1ccc(C(=O)N2CCOCC(Cc3cnccn3)C2)n1. The van der Waals surface area contributed by atoms with Crippen LogP contribution in [0.1, 0.15) is 23.1 Å². The highest BCUT2D eigenvalue weighted by molar-refractivity contribution is 5.92. The molecule has 1 aliphatic heterocycles. The van der Waals surface area contributed by atoms with Gasteiger partial charge in [0.05, 0.1) is 18.9 Å². The summed E-state index contributed by atoms with van der Waals surface area (Å²) >= 11 is 0. The number of ether oxygens (including phenoxy) is 1. The van der Waals surface area contributed by atoms with Gasteiger partial charge in [-0.1, -0.05) is 0 Å². The van der Waals surface area contributed by atoms with E-state index in [9.17, 15) is 4.79 Å². The molecule has 3 rings (SSSR count). The first-order valence-corrected chi connectivity index (χ1v) is 7.91. The Hall–Kier alpha value is -2.28. The largest absolute Gasteiger partial charge is 0.379 e. The zero-order valence-corrected chi connectivity index (χ0v) is 13.3. The van der Waals surface area contributed by atoms with E-state index in [0.29, 0.717) is 32.0 Å². The van der Waals surface area contributed by atoms with E-state index < -0.39 is 0 Å². The van der Waals surface area contributed by atoms with Crippen molar-refractivity contribution in [3.63, 3.8) is 0 Å². The number of aryl methyl sites for hydroxylation is 1. The molecule has 1 amide bonds. The molecule has 7 nitrogen and oxygen atoms in total. The number of aromatic nitrogens is 4. The van der Waals surface area contributed by atoms with Crippen LogP contribution >= 0.6 is 0 Å². The average molecular weight is 315 g/mol. The molecule has 122 valence electrons. The summed E-state index contributed by atoms with van der Waals surface area (Å²) in [5.74, 6) is 0.179. The van der Waals surface area contributed by atoms with Gasteiger partial charge in [-0.05, 0) is 19.4 Å². The second kappa shape index (κ2) is 7.32. The van der Waals surface area contributed by atoms with Crippen LogP contribution in [0.2, 0.25) is 0 Å². The van der Waals surface area contributed by atoms with Crippen molar-refractivity contribution in [2.24, 2.45) is 5.92 Å². The van der Waals surface area contributed by atoms with Crippen LogP contribution in [0, 0.1) is 5.92 Å². The maximum Gasteiger partial charge on any atom is 0.274 e. The molecule has 0 radical (unpaired) electrons. The van der Waals surface area contributed by atoms with Gasteiger partial charge >= 0.3 is 0 Å². The van der Waals surface area contributed by atoms with E-state index in [0.717, 1.165) is 18.7 Å². The van der Waals surface area contributed by atoms with E-state index in [-0.39, 0.29) is 11.8 Å². The summed E-state index contributed by atoms with van der Waals surface area (Å²) in [6.45, 7) is 5.17. The Kier molecular flexibility index (Phi) is 4.97. The summed E-state index contributed by atoms with van der Waals surface area (Å²) in [5.41, 5.74) is 1.41. The van der Waals surface area contributed by atoms with Crippen molar-refractivity contribution in [3.8, 4) is 0 Å². The minimum atomic E-state index is -0.0353. The van der Waals surface area contributed by atoms with Crippen molar-refractivity contribution in [2.75, 3.05) is 26.3 Å². The van der Waals surface area contributed by atoms with Gasteiger partial charge in [0.2, 0.25) is 0 Å². The number of carbonyl (C=O) groups is 1. The fourth-order valence-corrected chi connectivity index (χ4v) is 2.73. The Morgan fingerprint density at radius 3 is 3.09 bits per heavy atom. The smallest absolute Gasteiger partial charge is 0.274 e. The van der Waals surface area contributed by atoms with Crippen LogP contribution in [0.3, 0.4) is 0 Å². The van der Waals surface area contributed by atoms with Crippen LogP contribution in [-0.2, 0) is 17.7 Å². The number of hydrogen-bond acceptors (Lipinski definition) is 5. The van der Waals surface area contributed by atoms with Crippen LogP contribution in [0.4, 0.5) is 0 Å². The topological polar surface area (TPSA) is 73.1 Å². The van der Waals surface area contributed by atoms with Crippen LogP contribution in [0.25, 0.3) is 0 Å². The zero-order valence-electron chi connectivity index (χ0n) is 13.3. The van der Waals surface area contributed by atoms with Crippen molar-refractivity contribution in [1.82, 2.24) is 24.6 Å². The molecular weight excluding hydrogens is 294 g/mol. The standard InChI is InChI=1S/C16H21N5O2/c1-2-21-6-3-15(19-21)16(22)20-7-8-23-12-13(11-20)9-14-10-17-4-5-18-14/h3-6,10,13H,2,7-9,11-12H2,1H3. The van der Waals surface area contributed by atoms with Crippen LogP contribution in [0.15, 0.2) is 30.9 Å². The Bertz CT molecular complexity index is 643. The first-order chi connectivity index (χ1) is 11.3. The highest BCUT2D eigenvalue weighted by Gasteiger charge is 2.25. The maximum atomic E-state index is 12.6. The van der Waals surface area contributed by atoms with Crippen LogP contribution < -0.4 is 0 Å². The number of nitrogens with zero attached hydrogens (tertiary/aromatic N) is 5. The molecule has 0 bridgehead atoms. The molecule has 0 N–H and O–H groups in total. The number of amides is 1. The van der Waals surface area contributed by atoms with Crippen molar-refractivity contribution in [3.05, 3.63) is 42.2 Å². The van der Waals surface area contributed by atoms with E-state index >= 15 is 0 Å². The quantitative estimate of drug-likeness (QED) is 0.842. The molecule has 1 unspecified atom stereocenters. The predicted octanol–water partition coefficient (Wildman–Crippen LogP) is 1.02. The van der Waals surface area contributed by atoms with Crippen molar-refractivity contribution < 1.29 is 9.53 Å². The highest BCUT2D eigenvalue weighted by Crippen LogP contribution is 2.14. The van der Waals surface area contributed by atoms with E-state index in [1.807, 2.05) is 18.0 Å². The van der Waals surface area contributed by atoms with Gasteiger partial charge in [0.1, 0.15) is 5.69 Å². The number of rotatable bonds is 4. The Morgan fingerprint density at radius 1 is 1.43 bits per heavy atom. The molecule has 1 fully saturated rings. The predicted molar refractivity (Wildman–Crippen MR) is 83.8 cm³/mol. The van der Waals surface area contributed by atoms with Crippen molar-refractivity contribution in [2.45, 2.75) is 19.9 Å². The number of hydrogen-bond donors (Lipinski definition) is 0. The van der Waals surface area contributed by atoms with Gasteiger partial charge in [0, 0.05) is 50.3 Å². The second-order valence-electron chi connectivity index (χ2n) is 5.65. The second-order valence-corrected chi connectivity index (χ2v) is 5.65. The molecule has 3 heterocycles. The van der Waals surface area contributed by atoms with Gasteiger partial charge in [-0.2, -0.15) is 5.10 Å². The summed E-state index contributed by atoms with van der Waals surface area (Å²) < 4.78 is 7.42. The lowest BCUT2D eigenvalue weighted by atomic mass is 10.0. The summed E-state index contributed by atoms with van der Waals surface area (Å²) in [5, 5.41) is 4.31. The third-order valence-corrected chi connectivity index (χ3v) is 3.92. The van der Waals surface area contributed by atoms with Gasteiger partial charge in [-0.3, -0.25) is 19.4 Å². The first kappa shape index (κ1) is 15.6. The van der Waals surface area contributed by atoms with E-state index in [1.54, 1.807) is 29.3 Å². The molecule has 0 spiro atoms. The molecule has 0 aromatic carbocycles. The lowest BCUT2D eigenvalue weighted by molar-refractivity contribution is 0.0730. The van der Waals surface area contributed by atoms with Crippen LogP contribution in [-0.4, -0.2) is 56.9 Å². The molecule has 0 saturated carbocycles. The molecule has 1 atom stereocenters. The Morgan fingerprint density at radius 2 is 2.35 bits per heavy atom. The highest BCUT2D eigenvalue weighted by atomic mass is 16.5. The van der Waals surface area contributed by atoms with Crippen molar-refractivity contribution >= 4 is 5.91 Å². The lowest BCUT2D eigenvalue weighted by Gasteiger charge is -2.22. The fraction of sp³-hybridized carbons (Fsp3) is 0.500. The number of carbonyl (C=O) groups excluding carboxylic acids is 1. The van der Waals surface area contributed by atoms with Gasteiger partial charge in [0.25, 0.3) is 5.91 Å². The molecular formula is C16H21N5O2. The molecule has 2 aromatic heterocycles. The van der Waals surface area contributed by atoms with Gasteiger partial charge in [-0.15, -0.1) is 0 Å². The van der Waals surface area contributed by atoms with Gasteiger partial charge in [-0.25, -0.2) is 0 Å². The minimum Gasteiger partial charge on any atom is -0.379 e. The summed E-state index contributed by atoms with van der Waals surface area (Å²) in [6.07, 6.45) is 7.69. The van der Waals surface area contributed by atoms with E-state index in [4.69, 9.17) is 4.74 Å². The summed E-state index contributed by atoms with van der Waals surface area (Å²) in [7, 11) is 0. The van der Waals surface area contributed by atoms with Gasteiger partial charge < -0.3 is 9.64 Å². The average Bonchev–Trinajstić information content (AvgIpc) is 2.95. The minimum absolute atomic E-state index is 0.0353.